The summed E-state index contributed by atoms with van der Waals surface area (Å²) in [7, 11) is 0. The molecule has 0 radical (unpaired) electrons. The highest BCUT2D eigenvalue weighted by atomic mass is 16.2. The molecule has 2 amide bonds. The molecule has 29 heavy (non-hydrogen) atoms. The van der Waals surface area contributed by atoms with E-state index >= 15 is 0 Å². The molecule has 2 saturated heterocycles. The molecule has 3 aliphatic rings. The zero-order chi connectivity index (χ0) is 20.4. The highest BCUT2D eigenvalue weighted by Gasteiger charge is 2.28. The Labute approximate surface area is 173 Å². The number of hydrogen-bond acceptors (Lipinski definition) is 5. The van der Waals surface area contributed by atoms with Gasteiger partial charge in [0.15, 0.2) is 0 Å². The minimum atomic E-state index is 0.130. The summed E-state index contributed by atoms with van der Waals surface area (Å²) in [6.45, 7) is 9.41. The third-order valence-corrected chi connectivity index (χ3v) is 6.77. The number of carbonyl (C=O) groups is 2. The maximum Gasteiger partial charge on any atom is 0.237 e. The van der Waals surface area contributed by atoms with Crippen molar-refractivity contribution in [2.75, 3.05) is 39.3 Å². The third kappa shape index (κ3) is 4.77. The number of amides is 2. The Kier molecular flexibility index (Phi) is 6.13. The van der Waals surface area contributed by atoms with Gasteiger partial charge in [-0.3, -0.25) is 14.5 Å². The SMILES string of the molecule is CC(=O)N1CCC[C@@H](c2ncc3c(n2)CCN(C(=O)CN2CCC(C)CC2)C3)C1. The predicted molar refractivity (Wildman–Crippen MR) is 110 cm³/mol. The van der Waals surface area contributed by atoms with Crippen LogP contribution in [0.1, 0.15) is 62.5 Å². The monoisotopic (exact) mass is 399 g/mol. The van der Waals surface area contributed by atoms with Crippen LogP contribution in [0.4, 0.5) is 0 Å². The predicted octanol–water partition coefficient (Wildman–Crippen LogP) is 1.82. The van der Waals surface area contributed by atoms with Gasteiger partial charge in [0, 0.05) is 57.2 Å². The Morgan fingerprint density at radius 1 is 1.10 bits per heavy atom. The molecule has 0 spiro atoms. The fourth-order valence-corrected chi connectivity index (χ4v) is 4.73. The van der Waals surface area contributed by atoms with Crippen LogP contribution in [-0.4, -0.2) is 75.8 Å². The lowest BCUT2D eigenvalue weighted by Gasteiger charge is -2.34. The number of nitrogens with zero attached hydrogens (tertiary/aromatic N) is 5. The first-order chi connectivity index (χ1) is 14.0. The molecule has 4 rings (SSSR count). The second-order valence-corrected chi connectivity index (χ2v) is 9.03. The minimum Gasteiger partial charge on any atom is -0.342 e. The molecule has 0 aliphatic carbocycles. The highest BCUT2D eigenvalue weighted by Crippen LogP contribution is 2.26. The van der Waals surface area contributed by atoms with Crippen molar-refractivity contribution in [3.63, 3.8) is 0 Å². The lowest BCUT2D eigenvalue weighted by atomic mass is 9.96. The number of hydrogen-bond donors (Lipinski definition) is 0. The Balaban J connectivity index is 1.36. The minimum absolute atomic E-state index is 0.130. The van der Waals surface area contributed by atoms with Crippen LogP contribution in [0, 0.1) is 5.92 Å². The quantitative estimate of drug-likeness (QED) is 0.775. The number of piperidine rings is 2. The Morgan fingerprint density at radius 2 is 1.90 bits per heavy atom. The molecule has 0 saturated carbocycles. The van der Waals surface area contributed by atoms with E-state index in [4.69, 9.17) is 4.98 Å². The summed E-state index contributed by atoms with van der Waals surface area (Å²) in [5, 5.41) is 0. The van der Waals surface area contributed by atoms with Gasteiger partial charge in [-0.15, -0.1) is 0 Å². The molecule has 1 aromatic rings. The van der Waals surface area contributed by atoms with Gasteiger partial charge < -0.3 is 9.80 Å². The molecule has 3 aliphatic heterocycles. The van der Waals surface area contributed by atoms with Crippen molar-refractivity contribution in [1.82, 2.24) is 24.7 Å². The smallest absolute Gasteiger partial charge is 0.237 e. The topological polar surface area (TPSA) is 69.6 Å². The Morgan fingerprint density at radius 3 is 2.66 bits per heavy atom. The van der Waals surface area contributed by atoms with E-state index in [-0.39, 0.29) is 17.7 Å². The fourth-order valence-electron chi connectivity index (χ4n) is 4.73. The summed E-state index contributed by atoms with van der Waals surface area (Å²) in [5.41, 5.74) is 2.14. The largest absolute Gasteiger partial charge is 0.342 e. The number of fused-ring (bicyclic) bond motifs is 1. The van der Waals surface area contributed by atoms with Crippen LogP contribution in [0.5, 0.6) is 0 Å². The summed E-state index contributed by atoms with van der Waals surface area (Å²) < 4.78 is 0. The summed E-state index contributed by atoms with van der Waals surface area (Å²) in [4.78, 5) is 40.1. The molecule has 158 valence electrons. The highest BCUT2D eigenvalue weighted by molar-refractivity contribution is 5.78. The van der Waals surface area contributed by atoms with Crippen molar-refractivity contribution < 1.29 is 9.59 Å². The van der Waals surface area contributed by atoms with Gasteiger partial charge in [-0.05, 0) is 44.7 Å². The molecular weight excluding hydrogens is 366 g/mol. The number of likely N-dealkylation sites (tertiary alicyclic amines) is 2. The summed E-state index contributed by atoms with van der Waals surface area (Å²) in [6, 6.07) is 0. The molecule has 4 heterocycles. The van der Waals surface area contributed by atoms with E-state index in [0.717, 1.165) is 68.4 Å². The van der Waals surface area contributed by atoms with Gasteiger partial charge in [0.05, 0.1) is 12.2 Å². The zero-order valence-corrected chi connectivity index (χ0v) is 17.8. The second-order valence-electron chi connectivity index (χ2n) is 9.03. The van der Waals surface area contributed by atoms with Crippen LogP contribution in [0.2, 0.25) is 0 Å². The van der Waals surface area contributed by atoms with Gasteiger partial charge >= 0.3 is 0 Å². The van der Waals surface area contributed by atoms with E-state index < -0.39 is 0 Å². The van der Waals surface area contributed by atoms with E-state index in [1.54, 1.807) is 6.92 Å². The average Bonchev–Trinajstić information content (AvgIpc) is 2.74. The van der Waals surface area contributed by atoms with Crippen LogP contribution in [0.15, 0.2) is 6.20 Å². The van der Waals surface area contributed by atoms with Crippen LogP contribution in [0.3, 0.4) is 0 Å². The lowest BCUT2D eigenvalue weighted by molar-refractivity contribution is -0.133. The van der Waals surface area contributed by atoms with Gasteiger partial charge in [-0.2, -0.15) is 0 Å². The molecule has 0 aromatic carbocycles. The van der Waals surface area contributed by atoms with Crippen molar-refractivity contribution in [2.45, 2.75) is 58.4 Å². The maximum atomic E-state index is 12.8. The molecule has 1 atom stereocenters. The molecule has 0 N–H and O–H groups in total. The fraction of sp³-hybridized carbons (Fsp3) is 0.727. The van der Waals surface area contributed by atoms with Gasteiger partial charge in [0.2, 0.25) is 11.8 Å². The molecular formula is C22H33N5O2. The normalized spacial score (nSPS) is 23.7. The molecule has 7 heteroatoms. The first kappa shape index (κ1) is 20.3. The van der Waals surface area contributed by atoms with Crippen LogP contribution in [-0.2, 0) is 22.6 Å². The first-order valence-corrected chi connectivity index (χ1v) is 11.1. The van der Waals surface area contributed by atoms with E-state index in [1.807, 2.05) is 16.0 Å². The average molecular weight is 400 g/mol. The maximum absolute atomic E-state index is 12.8. The standard InChI is InChI=1S/C22H33N5O2/c1-16-5-9-25(10-6-16)15-21(29)27-11-7-20-19(14-27)12-23-22(24-20)18-4-3-8-26(13-18)17(2)28/h12,16,18H,3-11,13-15H2,1-2H3/t18-/m1/s1. The van der Waals surface area contributed by atoms with Crippen LogP contribution < -0.4 is 0 Å². The first-order valence-electron chi connectivity index (χ1n) is 11.1. The van der Waals surface area contributed by atoms with Gasteiger partial charge in [-0.1, -0.05) is 6.92 Å². The van der Waals surface area contributed by atoms with Crippen molar-refractivity contribution >= 4 is 11.8 Å². The van der Waals surface area contributed by atoms with E-state index in [1.165, 1.54) is 12.8 Å². The lowest BCUT2D eigenvalue weighted by Crippen LogP contribution is -2.45. The molecule has 7 nitrogen and oxygen atoms in total. The zero-order valence-electron chi connectivity index (χ0n) is 17.8. The van der Waals surface area contributed by atoms with Crippen molar-refractivity contribution in [3.8, 4) is 0 Å². The van der Waals surface area contributed by atoms with Crippen LogP contribution >= 0.6 is 0 Å². The number of carbonyl (C=O) groups excluding carboxylic acids is 2. The van der Waals surface area contributed by atoms with Gasteiger partial charge in [0.25, 0.3) is 0 Å². The van der Waals surface area contributed by atoms with E-state index in [9.17, 15) is 9.59 Å². The van der Waals surface area contributed by atoms with Crippen molar-refractivity contribution in [1.29, 1.82) is 0 Å². The van der Waals surface area contributed by atoms with E-state index in [0.29, 0.717) is 19.6 Å². The molecule has 1 aromatic heterocycles. The number of aromatic nitrogens is 2. The van der Waals surface area contributed by atoms with E-state index in [2.05, 4.69) is 16.8 Å². The summed E-state index contributed by atoms with van der Waals surface area (Å²) >= 11 is 0. The molecule has 0 bridgehead atoms. The Bertz CT molecular complexity index is 760. The third-order valence-electron chi connectivity index (χ3n) is 6.77. The van der Waals surface area contributed by atoms with Gasteiger partial charge in [0.1, 0.15) is 5.82 Å². The number of rotatable bonds is 3. The van der Waals surface area contributed by atoms with Gasteiger partial charge in [-0.25, -0.2) is 9.97 Å². The second kappa shape index (κ2) is 8.78. The summed E-state index contributed by atoms with van der Waals surface area (Å²) in [6.07, 6.45) is 7.11. The van der Waals surface area contributed by atoms with Crippen molar-refractivity contribution in [3.05, 3.63) is 23.3 Å². The van der Waals surface area contributed by atoms with Crippen LogP contribution in [0.25, 0.3) is 0 Å². The molecule has 2 fully saturated rings. The summed E-state index contributed by atoms with van der Waals surface area (Å²) in [5.74, 6) is 2.21. The Hall–Kier alpha value is -2.02. The van der Waals surface area contributed by atoms with Crippen molar-refractivity contribution in [2.24, 2.45) is 5.92 Å². The molecule has 0 unspecified atom stereocenters.